The Hall–Kier alpha value is -4.13. The second kappa shape index (κ2) is 8.19. The van der Waals surface area contributed by atoms with Crippen molar-refractivity contribution in [1.29, 1.82) is 0 Å². The molecule has 1 amide bonds. The SMILES string of the molecule is Cc1ccccc1Cn1cc(NC(=O)c2c[nH]c(=O)c(C3Cc4ccccc4N3)c2)cn1. The summed E-state index contributed by atoms with van der Waals surface area (Å²) in [5, 5.41) is 10.6. The fraction of sp³-hybridized carbons (Fsp3) is 0.160. The topological polar surface area (TPSA) is 91.8 Å². The van der Waals surface area contributed by atoms with E-state index in [0.29, 0.717) is 29.8 Å². The molecule has 7 nitrogen and oxygen atoms in total. The highest BCUT2D eigenvalue weighted by Gasteiger charge is 2.24. The fourth-order valence-corrected chi connectivity index (χ4v) is 4.06. The summed E-state index contributed by atoms with van der Waals surface area (Å²) < 4.78 is 1.79. The molecule has 0 saturated heterocycles. The molecule has 0 bridgehead atoms. The Balaban J connectivity index is 1.31. The number of rotatable bonds is 5. The van der Waals surface area contributed by atoms with E-state index in [1.165, 1.54) is 17.3 Å². The summed E-state index contributed by atoms with van der Waals surface area (Å²) in [6, 6.07) is 17.6. The highest BCUT2D eigenvalue weighted by molar-refractivity contribution is 6.04. The Kier molecular flexibility index (Phi) is 5.07. The van der Waals surface area contributed by atoms with E-state index in [4.69, 9.17) is 0 Å². The molecule has 7 heteroatoms. The maximum absolute atomic E-state index is 12.8. The standard InChI is InChI=1S/C25H23N5O2/c1-16-6-2-3-8-18(16)14-30-15-20(13-27-30)28-24(31)19-10-21(25(32)26-12-19)23-11-17-7-4-5-9-22(17)29-23/h2-10,12-13,15,23,29H,11,14H2,1H3,(H,26,32)(H,28,31). The van der Waals surface area contributed by atoms with E-state index in [2.05, 4.69) is 39.8 Å². The van der Waals surface area contributed by atoms with Crippen molar-refractivity contribution in [2.24, 2.45) is 0 Å². The number of nitrogens with zero attached hydrogens (tertiary/aromatic N) is 2. The smallest absolute Gasteiger partial charge is 0.257 e. The lowest BCUT2D eigenvalue weighted by atomic mass is 10.0. The van der Waals surface area contributed by atoms with Crippen LogP contribution >= 0.6 is 0 Å². The molecule has 4 aromatic rings. The van der Waals surface area contributed by atoms with Crippen LogP contribution in [0.4, 0.5) is 11.4 Å². The van der Waals surface area contributed by atoms with Crippen molar-refractivity contribution in [1.82, 2.24) is 14.8 Å². The van der Waals surface area contributed by atoms with E-state index in [-0.39, 0.29) is 17.5 Å². The number of amides is 1. The molecule has 3 heterocycles. The van der Waals surface area contributed by atoms with Gasteiger partial charge in [-0.25, -0.2) is 0 Å². The lowest BCUT2D eigenvalue weighted by molar-refractivity contribution is 0.102. The summed E-state index contributed by atoms with van der Waals surface area (Å²) in [4.78, 5) is 28.0. The van der Waals surface area contributed by atoms with E-state index < -0.39 is 0 Å². The summed E-state index contributed by atoms with van der Waals surface area (Å²) in [5.74, 6) is -0.298. The predicted molar refractivity (Wildman–Crippen MR) is 124 cm³/mol. The van der Waals surface area contributed by atoms with Crippen LogP contribution in [0.15, 0.2) is 78.0 Å². The maximum Gasteiger partial charge on any atom is 0.257 e. The molecule has 1 unspecified atom stereocenters. The monoisotopic (exact) mass is 425 g/mol. The van der Waals surface area contributed by atoms with Crippen LogP contribution < -0.4 is 16.2 Å². The van der Waals surface area contributed by atoms with Gasteiger partial charge in [0.25, 0.3) is 11.5 Å². The third-order valence-corrected chi connectivity index (χ3v) is 5.83. The minimum Gasteiger partial charge on any atom is -0.377 e. The van der Waals surface area contributed by atoms with Gasteiger partial charge < -0.3 is 15.6 Å². The molecule has 1 aliphatic heterocycles. The zero-order chi connectivity index (χ0) is 22.1. The number of carbonyl (C=O) groups excluding carboxylic acids is 1. The fourth-order valence-electron chi connectivity index (χ4n) is 4.06. The van der Waals surface area contributed by atoms with Gasteiger partial charge in [-0.2, -0.15) is 5.10 Å². The number of benzene rings is 2. The molecule has 2 aromatic heterocycles. The zero-order valence-corrected chi connectivity index (χ0v) is 17.6. The molecule has 0 saturated carbocycles. The molecule has 32 heavy (non-hydrogen) atoms. The average Bonchev–Trinajstić information content (AvgIpc) is 3.42. The molecule has 1 aliphatic rings. The number of carbonyl (C=O) groups is 1. The minimum atomic E-state index is -0.298. The average molecular weight is 425 g/mol. The van der Waals surface area contributed by atoms with Crippen LogP contribution in [0.3, 0.4) is 0 Å². The van der Waals surface area contributed by atoms with Crippen molar-refractivity contribution in [2.75, 3.05) is 10.6 Å². The molecular weight excluding hydrogens is 402 g/mol. The number of aryl methyl sites for hydroxylation is 1. The quantitative estimate of drug-likeness (QED) is 0.452. The molecule has 0 fully saturated rings. The lowest BCUT2D eigenvalue weighted by Gasteiger charge is -2.12. The normalized spacial score (nSPS) is 14.6. The third kappa shape index (κ3) is 3.92. The highest BCUT2D eigenvalue weighted by atomic mass is 16.2. The van der Waals surface area contributed by atoms with Crippen LogP contribution in [0, 0.1) is 6.92 Å². The molecule has 0 aliphatic carbocycles. The van der Waals surface area contributed by atoms with Gasteiger partial charge in [0, 0.05) is 23.6 Å². The number of para-hydroxylation sites is 1. The van der Waals surface area contributed by atoms with Gasteiger partial charge in [0.05, 0.1) is 30.0 Å². The van der Waals surface area contributed by atoms with Crippen LogP contribution in [-0.2, 0) is 13.0 Å². The van der Waals surface area contributed by atoms with Crippen molar-refractivity contribution in [3.8, 4) is 0 Å². The molecule has 3 N–H and O–H groups in total. The van der Waals surface area contributed by atoms with Crippen molar-refractivity contribution in [2.45, 2.75) is 25.9 Å². The van der Waals surface area contributed by atoms with Gasteiger partial charge in [-0.3, -0.25) is 14.3 Å². The first kappa shape index (κ1) is 19.8. The number of pyridine rings is 1. The predicted octanol–water partition coefficient (Wildman–Crippen LogP) is 3.89. The molecule has 0 radical (unpaired) electrons. The number of H-pyrrole nitrogens is 1. The largest absolute Gasteiger partial charge is 0.377 e. The van der Waals surface area contributed by atoms with E-state index in [0.717, 1.165) is 11.3 Å². The van der Waals surface area contributed by atoms with E-state index in [1.54, 1.807) is 23.1 Å². The van der Waals surface area contributed by atoms with Gasteiger partial charge in [0.2, 0.25) is 0 Å². The van der Waals surface area contributed by atoms with Crippen molar-refractivity contribution in [3.63, 3.8) is 0 Å². The number of fused-ring (bicyclic) bond motifs is 1. The van der Waals surface area contributed by atoms with Gasteiger partial charge in [-0.15, -0.1) is 0 Å². The van der Waals surface area contributed by atoms with Crippen molar-refractivity contribution in [3.05, 3.63) is 111 Å². The Labute approximate surface area is 185 Å². The molecule has 5 rings (SSSR count). The third-order valence-electron chi connectivity index (χ3n) is 5.83. The van der Waals surface area contributed by atoms with Gasteiger partial charge in [0.1, 0.15) is 0 Å². The van der Waals surface area contributed by atoms with Crippen LogP contribution in [-0.4, -0.2) is 20.7 Å². The van der Waals surface area contributed by atoms with Crippen LogP contribution in [0.2, 0.25) is 0 Å². The number of aromatic nitrogens is 3. The highest BCUT2D eigenvalue weighted by Crippen LogP contribution is 2.32. The van der Waals surface area contributed by atoms with Crippen molar-refractivity contribution >= 4 is 17.3 Å². The van der Waals surface area contributed by atoms with Crippen molar-refractivity contribution < 1.29 is 4.79 Å². The summed E-state index contributed by atoms with van der Waals surface area (Å²) in [7, 11) is 0. The summed E-state index contributed by atoms with van der Waals surface area (Å²) in [6.07, 6.45) is 5.57. The van der Waals surface area contributed by atoms with Gasteiger partial charge >= 0.3 is 0 Å². The summed E-state index contributed by atoms with van der Waals surface area (Å²) in [5.41, 5.74) is 5.88. The first-order valence-electron chi connectivity index (χ1n) is 10.5. The first-order chi connectivity index (χ1) is 15.6. The summed E-state index contributed by atoms with van der Waals surface area (Å²) >= 11 is 0. The molecule has 1 atom stereocenters. The number of anilines is 2. The molecule has 2 aromatic carbocycles. The lowest BCUT2D eigenvalue weighted by Crippen LogP contribution is -2.22. The molecule has 160 valence electrons. The number of nitrogens with one attached hydrogen (secondary N) is 3. The second-order valence-corrected chi connectivity index (χ2v) is 8.04. The van der Waals surface area contributed by atoms with Gasteiger partial charge in [-0.1, -0.05) is 42.5 Å². The Morgan fingerprint density at radius 1 is 1.19 bits per heavy atom. The van der Waals surface area contributed by atoms with Gasteiger partial charge in [-0.05, 0) is 42.2 Å². The van der Waals surface area contributed by atoms with E-state index >= 15 is 0 Å². The van der Waals surface area contributed by atoms with E-state index in [1.807, 2.05) is 36.4 Å². The second-order valence-electron chi connectivity index (χ2n) is 8.04. The first-order valence-corrected chi connectivity index (χ1v) is 10.5. The van der Waals surface area contributed by atoms with Crippen LogP contribution in [0.5, 0.6) is 0 Å². The Morgan fingerprint density at radius 2 is 2.00 bits per heavy atom. The van der Waals surface area contributed by atoms with E-state index in [9.17, 15) is 9.59 Å². The summed E-state index contributed by atoms with van der Waals surface area (Å²) in [6.45, 7) is 2.69. The van der Waals surface area contributed by atoms with Gasteiger partial charge in [0.15, 0.2) is 0 Å². The maximum atomic E-state index is 12.8. The number of hydrogen-bond donors (Lipinski definition) is 3. The number of hydrogen-bond acceptors (Lipinski definition) is 4. The molecule has 0 spiro atoms. The minimum absolute atomic E-state index is 0.166. The zero-order valence-electron chi connectivity index (χ0n) is 17.6. The Morgan fingerprint density at radius 3 is 2.84 bits per heavy atom. The Bertz CT molecular complexity index is 1330. The van der Waals surface area contributed by atoms with Crippen LogP contribution in [0.1, 0.15) is 38.7 Å². The number of aromatic amines is 1. The van der Waals surface area contributed by atoms with Crippen LogP contribution in [0.25, 0.3) is 0 Å². The molecular formula is C25H23N5O2.